The molecule has 1 amide bonds. The molecule has 1 N–H and O–H groups in total. The van der Waals surface area contributed by atoms with Crippen LogP contribution in [0.3, 0.4) is 0 Å². The standard InChI is InChI=1S/C19H25N3O3S2/c1-16(17-6-3-2-4-7-17)14-20-18(23)15-21-9-11-22(12-10-21)27(24,25)19-8-5-13-26-19/h2-8,13,16H,9-12,14-15H2,1H3,(H,20,23)/t16-/m1/s1. The summed E-state index contributed by atoms with van der Waals surface area (Å²) < 4.78 is 26.9. The largest absolute Gasteiger partial charge is 0.354 e. The van der Waals surface area contributed by atoms with E-state index in [-0.39, 0.29) is 11.8 Å². The lowest BCUT2D eigenvalue weighted by Crippen LogP contribution is -2.51. The number of nitrogens with zero attached hydrogens (tertiary/aromatic N) is 2. The zero-order valence-electron chi connectivity index (χ0n) is 15.4. The Morgan fingerprint density at radius 1 is 1.11 bits per heavy atom. The topological polar surface area (TPSA) is 69.7 Å². The Hall–Kier alpha value is -1.74. The first-order chi connectivity index (χ1) is 13.0. The molecule has 1 fully saturated rings. The van der Waals surface area contributed by atoms with Gasteiger partial charge in [-0.3, -0.25) is 9.69 Å². The minimum absolute atomic E-state index is 0.0210. The molecule has 1 saturated heterocycles. The first-order valence-corrected chi connectivity index (χ1v) is 11.4. The van der Waals surface area contributed by atoms with Crippen molar-refractivity contribution in [2.75, 3.05) is 39.3 Å². The van der Waals surface area contributed by atoms with E-state index in [4.69, 9.17) is 0 Å². The van der Waals surface area contributed by atoms with Crippen LogP contribution in [-0.4, -0.2) is 62.8 Å². The summed E-state index contributed by atoms with van der Waals surface area (Å²) in [7, 11) is -3.40. The molecule has 8 heteroatoms. The monoisotopic (exact) mass is 407 g/mol. The highest BCUT2D eigenvalue weighted by Crippen LogP contribution is 2.22. The second-order valence-corrected chi connectivity index (χ2v) is 9.84. The van der Waals surface area contributed by atoms with E-state index in [0.29, 0.717) is 43.5 Å². The quantitative estimate of drug-likeness (QED) is 0.762. The number of hydrogen-bond acceptors (Lipinski definition) is 5. The molecular weight excluding hydrogens is 382 g/mol. The van der Waals surface area contributed by atoms with E-state index < -0.39 is 10.0 Å². The van der Waals surface area contributed by atoms with Crippen molar-refractivity contribution in [1.29, 1.82) is 0 Å². The van der Waals surface area contributed by atoms with Gasteiger partial charge in [-0.15, -0.1) is 11.3 Å². The molecular formula is C19H25N3O3S2. The summed E-state index contributed by atoms with van der Waals surface area (Å²) in [5.41, 5.74) is 1.20. The van der Waals surface area contributed by atoms with E-state index in [2.05, 4.69) is 24.4 Å². The van der Waals surface area contributed by atoms with Gasteiger partial charge < -0.3 is 5.32 Å². The van der Waals surface area contributed by atoms with Gasteiger partial charge in [-0.05, 0) is 22.9 Å². The van der Waals surface area contributed by atoms with Crippen molar-refractivity contribution in [3.8, 4) is 0 Å². The third-order valence-electron chi connectivity index (χ3n) is 4.76. The zero-order valence-corrected chi connectivity index (χ0v) is 17.0. The summed E-state index contributed by atoms with van der Waals surface area (Å²) in [5, 5.41) is 4.75. The van der Waals surface area contributed by atoms with E-state index in [1.165, 1.54) is 21.2 Å². The molecule has 3 rings (SSSR count). The predicted molar refractivity (Wildman–Crippen MR) is 107 cm³/mol. The van der Waals surface area contributed by atoms with Gasteiger partial charge >= 0.3 is 0 Å². The molecule has 0 unspecified atom stereocenters. The lowest BCUT2D eigenvalue weighted by molar-refractivity contribution is -0.122. The van der Waals surface area contributed by atoms with E-state index in [1.54, 1.807) is 17.5 Å². The molecule has 1 aromatic heterocycles. The van der Waals surface area contributed by atoms with Crippen molar-refractivity contribution in [2.24, 2.45) is 0 Å². The average Bonchev–Trinajstić information content (AvgIpc) is 3.23. The number of carbonyl (C=O) groups is 1. The summed E-state index contributed by atoms with van der Waals surface area (Å²) in [6.45, 7) is 4.92. The molecule has 0 spiro atoms. The maximum atomic E-state index is 12.5. The van der Waals surface area contributed by atoms with Crippen LogP contribution in [0.1, 0.15) is 18.4 Å². The van der Waals surface area contributed by atoms with Crippen LogP contribution in [0.2, 0.25) is 0 Å². The summed E-state index contributed by atoms with van der Waals surface area (Å²) in [4.78, 5) is 14.2. The fourth-order valence-corrected chi connectivity index (χ4v) is 5.66. The molecule has 0 bridgehead atoms. The molecule has 1 aliphatic heterocycles. The Morgan fingerprint density at radius 3 is 2.44 bits per heavy atom. The minimum atomic E-state index is -3.40. The van der Waals surface area contributed by atoms with Gasteiger partial charge in [0, 0.05) is 32.7 Å². The number of nitrogens with one attached hydrogen (secondary N) is 1. The van der Waals surface area contributed by atoms with Gasteiger partial charge in [0.2, 0.25) is 5.91 Å². The van der Waals surface area contributed by atoms with E-state index >= 15 is 0 Å². The molecule has 6 nitrogen and oxygen atoms in total. The Kier molecular flexibility index (Phi) is 6.64. The molecule has 1 atom stereocenters. The highest BCUT2D eigenvalue weighted by atomic mass is 32.2. The van der Waals surface area contributed by atoms with Gasteiger partial charge in [0.1, 0.15) is 4.21 Å². The first-order valence-electron chi connectivity index (χ1n) is 9.04. The molecule has 2 aromatic rings. The van der Waals surface area contributed by atoms with Crippen molar-refractivity contribution in [2.45, 2.75) is 17.1 Å². The van der Waals surface area contributed by atoms with Crippen LogP contribution in [0.15, 0.2) is 52.1 Å². The second-order valence-electron chi connectivity index (χ2n) is 6.73. The molecule has 0 radical (unpaired) electrons. The summed E-state index contributed by atoms with van der Waals surface area (Å²) in [6.07, 6.45) is 0. The highest BCUT2D eigenvalue weighted by molar-refractivity contribution is 7.91. The number of hydrogen-bond donors (Lipinski definition) is 1. The number of sulfonamides is 1. The summed E-state index contributed by atoms with van der Waals surface area (Å²) >= 11 is 1.24. The molecule has 0 aliphatic carbocycles. The van der Waals surface area contributed by atoms with Crippen molar-refractivity contribution in [3.05, 3.63) is 53.4 Å². The normalized spacial score (nSPS) is 17.5. The Bertz CT molecular complexity index is 830. The lowest BCUT2D eigenvalue weighted by Gasteiger charge is -2.33. The molecule has 146 valence electrons. The molecule has 1 aromatic carbocycles. The zero-order chi connectivity index (χ0) is 19.3. The highest BCUT2D eigenvalue weighted by Gasteiger charge is 2.29. The van der Waals surface area contributed by atoms with Gasteiger partial charge in [0.15, 0.2) is 0 Å². The first kappa shape index (κ1) is 20.0. The van der Waals surface area contributed by atoms with Crippen molar-refractivity contribution < 1.29 is 13.2 Å². The number of rotatable bonds is 7. The molecule has 2 heterocycles. The van der Waals surface area contributed by atoms with Gasteiger partial charge in [-0.2, -0.15) is 4.31 Å². The molecule has 1 aliphatic rings. The van der Waals surface area contributed by atoms with Crippen LogP contribution >= 0.6 is 11.3 Å². The maximum absolute atomic E-state index is 12.5. The predicted octanol–water partition coefficient (Wildman–Crippen LogP) is 1.97. The van der Waals surface area contributed by atoms with Crippen LogP contribution in [0, 0.1) is 0 Å². The lowest BCUT2D eigenvalue weighted by atomic mass is 10.0. The van der Waals surface area contributed by atoms with Gasteiger partial charge in [0.25, 0.3) is 10.0 Å². The van der Waals surface area contributed by atoms with E-state index in [0.717, 1.165) is 0 Å². The Morgan fingerprint density at radius 2 is 1.81 bits per heavy atom. The summed E-state index contributed by atoms with van der Waals surface area (Å²) in [6, 6.07) is 13.5. The number of amides is 1. The van der Waals surface area contributed by atoms with Crippen LogP contribution in [0.5, 0.6) is 0 Å². The van der Waals surface area contributed by atoms with Gasteiger partial charge in [-0.25, -0.2) is 8.42 Å². The second kappa shape index (κ2) is 8.97. The van der Waals surface area contributed by atoms with Crippen LogP contribution in [0.25, 0.3) is 0 Å². The van der Waals surface area contributed by atoms with E-state index in [9.17, 15) is 13.2 Å². The number of carbonyl (C=O) groups excluding carboxylic acids is 1. The molecule has 0 saturated carbocycles. The van der Waals surface area contributed by atoms with Crippen molar-refractivity contribution >= 4 is 27.3 Å². The number of piperazine rings is 1. The van der Waals surface area contributed by atoms with E-state index in [1.807, 2.05) is 23.1 Å². The van der Waals surface area contributed by atoms with Crippen LogP contribution in [0.4, 0.5) is 0 Å². The molecule has 27 heavy (non-hydrogen) atoms. The average molecular weight is 408 g/mol. The Labute approximate surface area is 164 Å². The van der Waals surface area contributed by atoms with Crippen LogP contribution in [-0.2, 0) is 14.8 Å². The fourth-order valence-electron chi connectivity index (χ4n) is 3.09. The maximum Gasteiger partial charge on any atom is 0.252 e. The smallest absolute Gasteiger partial charge is 0.252 e. The van der Waals surface area contributed by atoms with Crippen LogP contribution < -0.4 is 5.32 Å². The fraction of sp³-hybridized carbons (Fsp3) is 0.421. The van der Waals surface area contributed by atoms with Crippen molar-refractivity contribution in [1.82, 2.24) is 14.5 Å². The minimum Gasteiger partial charge on any atom is -0.354 e. The summed E-state index contributed by atoms with van der Waals surface area (Å²) in [5.74, 6) is 0.232. The number of benzene rings is 1. The van der Waals surface area contributed by atoms with Crippen molar-refractivity contribution in [3.63, 3.8) is 0 Å². The SMILES string of the molecule is C[C@H](CNC(=O)CN1CCN(S(=O)(=O)c2cccs2)CC1)c1ccccc1. The number of thiophene rings is 1. The Balaban J connectivity index is 1.43. The third-order valence-corrected chi connectivity index (χ3v) is 8.03. The van der Waals surface area contributed by atoms with Gasteiger partial charge in [0.05, 0.1) is 6.54 Å². The van der Waals surface area contributed by atoms with Gasteiger partial charge in [-0.1, -0.05) is 43.3 Å². The third kappa shape index (κ3) is 5.16.